The standard InChI is InChI=1S/C12H17ClN4O/c1-7-10(13)16-12(8-3-4-8)17-11(7)15-6-5-9(18)14-2/h8H,3-6H2,1-2H3,(H,14,18)(H,15,16,17). The second kappa shape index (κ2) is 5.52. The van der Waals surface area contributed by atoms with Gasteiger partial charge in [-0.05, 0) is 19.8 Å². The lowest BCUT2D eigenvalue weighted by Crippen LogP contribution is -2.21. The molecule has 18 heavy (non-hydrogen) atoms. The average Bonchev–Trinajstić information content (AvgIpc) is 3.18. The third-order valence-corrected chi connectivity index (χ3v) is 3.34. The Hall–Kier alpha value is -1.36. The van der Waals surface area contributed by atoms with Gasteiger partial charge in [-0.2, -0.15) is 0 Å². The number of nitrogens with one attached hydrogen (secondary N) is 2. The highest BCUT2D eigenvalue weighted by molar-refractivity contribution is 6.30. The Morgan fingerprint density at radius 2 is 2.17 bits per heavy atom. The molecule has 1 amide bonds. The van der Waals surface area contributed by atoms with Crippen molar-refractivity contribution in [1.82, 2.24) is 15.3 Å². The lowest BCUT2D eigenvalue weighted by molar-refractivity contribution is -0.120. The molecule has 1 aromatic rings. The van der Waals surface area contributed by atoms with Crippen LogP contribution in [0.15, 0.2) is 0 Å². The number of aromatic nitrogens is 2. The van der Waals surface area contributed by atoms with Crippen LogP contribution < -0.4 is 10.6 Å². The quantitative estimate of drug-likeness (QED) is 0.800. The van der Waals surface area contributed by atoms with E-state index < -0.39 is 0 Å². The van der Waals surface area contributed by atoms with E-state index in [4.69, 9.17) is 11.6 Å². The van der Waals surface area contributed by atoms with Crippen LogP contribution in [0.1, 0.15) is 36.6 Å². The highest BCUT2D eigenvalue weighted by atomic mass is 35.5. The van der Waals surface area contributed by atoms with E-state index in [-0.39, 0.29) is 5.91 Å². The largest absolute Gasteiger partial charge is 0.369 e. The van der Waals surface area contributed by atoms with Gasteiger partial charge in [0.2, 0.25) is 5.91 Å². The molecule has 1 aliphatic rings. The van der Waals surface area contributed by atoms with Gasteiger partial charge in [-0.3, -0.25) is 4.79 Å². The van der Waals surface area contributed by atoms with Crippen molar-refractivity contribution < 1.29 is 4.79 Å². The van der Waals surface area contributed by atoms with Gasteiger partial charge in [-0.25, -0.2) is 9.97 Å². The maximum Gasteiger partial charge on any atom is 0.221 e. The van der Waals surface area contributed by atoms with Gasteiger partial charge in [0.05, 0.1) is 0 Å². The first-order valence-electron chi connectivity index (χ1n) is 6.10. The van der Waals surface area contributed by atoms with Crippen molar-refractivity contribution in [2.75, 3.05) is 18.9 Å². The Labute approximate surface area is 111 Å². The van der Waals surface area contributed by atoms with Crippen LogP contribution in [-0.4, -0.2) is 29.5 Å². The van der Waals surface area contributed by atoms with Gasteiger partial charge in [-0.15, -0.1) is 0 Å². The summed E-state index contributed by atoms with van der Waals surface area (Å²) in [5.41, 5.74) is 0.831. The van der Waals surface area contributed by atoms with E-state index in [0.717, 1.165) is 30.0 Å². The summed E-state index contributed by atoms with van der Waals surface area (Å²) in [5, 5.41) is 6.22. The first kappa shape index (κ1) is 13.1. The molecular weight excluding hydrogens is 252 g/mol. The van der Waals surface area contributed by atoms with Crippen LogP contribution in [0.3, 0.4) is 0 Å². The van der Waals surface area contributed by atoms with E-state index >= 15 is 0 Å². The van der Waals surface area contributed by atoms with Gasteiger partial charge in [0.15, 0.2) is 0 Å². The van der Waals surface area contributed by atoms with E-state index in [0.29, 0.717) is 24.0 Å². The molecule has 6 heteroatoms. The van der Waals surface area contributed by atoms with Gasteiger partial charge in [-0.1, -0.05) is 11.6 Å². The summed E-state index contributed by atoms with van der Waals surface area (Å²) < 4.78 is 0. The fourth-order valence-corrected chi connectivity index (χ4v) is 1.80. The Bertz CT molecular complexity index is 460. The van der Waals surface area contributed by atoms with Crippen molar-refractivity contribution in [2.45, 2.75) is 32.1 Å². The predicted molar refractivity (Wildman–Crippen MR) is 70.9 cm³/mol. The molecule has 0 aliphatic heterocycles. The molecular formula is C12H17ClN4O. The zero-order valence-corrected chi connectivity index (χ0v) is 11.3. The molecule has 2 N–H and O–H groups in total. The molecule has 1 aliphatic carbocycles. The third-order valence-electron chi connectivity index (χ3n) is 2.97. The molecule has 0 radical (unpaired) electrons. The van der Waals surface area contributed by atoms with Gasteiger partial charge in [0.25, 0.3) is 0 Å². The average molecular weight is 269 g/mol. The fourth-order valence-electron chi connectivity index (χ4n) is 1.62. The Kier molecular flexibility index (Phi) is 4.01. The van der Waals surface area contributed by atoms with E-state index in [9.17, 15) is 4.79 Å². The fraction of sp³-hybridized carbons (Fsp3) is 0.583. The monoisotopic (exact) mass is 268 g/mol. The molecule has 0 unspecified atom stereocenters. The topological polar surface area (TPSA) is 66.9 Å². The van der Waals surface area contributed by atoms with E-state index in [1.165, 1.54) is 0 Å². The lowest BCUT2D eigenvalue weighted by atomic mass is 10.3. The van der Waals surface area contributed by atoms with Crippen LogP contribution in [0.4, 0.5) is 5.82 Å². The molecule has 5 nitrogen and oxygen atoms in total. The SMILES string of the molecule is CNC(=O)CCNc1nc(C2CC2)nc(Cl)c1C. The predicted octanol–water partition coefficient (Wildman–Crippen LogP) is 1.86. The third kappa shape index (κ3) is 3.10. The molecule has 0 bridgehead atoms. The van der Waals surface area contributed by atoms with Crippen LogP contribution in [0.25, 0.3) is 0 Å². The zero-order valence-electron chi connectivity index (χ0n) is 10.6. The van der Waals surface area contributed by atoms with Crippen molar-refractivity contribution in [3.8, 4) is 0 Å². The van der Waals surface area contributed by atoms with Crippen molar-refractivity contribution >= 4 is 23.3 Å². The van der Waals surface area contributed by atoms with Crippen molar-refractivity contribution in [2.24, 2.45) is 0 Å². The molecule has 1 heterocycles. The van der Waals surface area contributed by atoms with Crippen molar-refractivity contribution in [3.05, 3.63) is 16.5 Å². The molecule has 0 spiro atoms. The minimum Gasteiger partial charge on any atom is -0.369 e. The maximum absolute atomic E-state index is 11.1. The smallest absolute Gasteiger partial charge is 0.221 e. The van der Waals surface area contributed by atoms with Crippen LogP contribution in [0, 0.1) is 6.92 Å². The van der Waals surface area contributed by atoms with Gasteiger partial charge in [0.1, 0.15) is 16.8 Å². The first-order chi connectivity index (χ1) is 8.61. The highest BCUT2D eigenvalue weighted by Crippen LogP contribution is 2.39. The number of hydrogen-bond donors (Lipinski definition) is 2. The van der Waals surface area contributed by atoms with Crippen LogP contribution >= 0.6 is 11.6 Å². The van der Waals surface area contributed by atoms with Crippen LogP contribution in [0.5, 0.6) is 0 Å². The summed E-state index contributed by atoms with van der Waals surface area (Å²) in [4.78, 5) is 19.9. The van der Waals surface area contributed by atoms with Gasteiger partial charge >= 0.3 is 0 Å². The second-order valence-electron chi connectivity index (χ2n) is 4.47. The van der Waals surface area contributed by atoms with E-state index in [1.807, 2.05) is 6.92 Å². The summed E-state index contributed by atoms with van der Waals surface area (Å²) in [7, 11) is 1.63. The molecule has 1 fully saturated rings. The zero-order chi connectivity index (χ0) is 13.1. The lowest BCUT2D eigenvalue weighted by Gasteiger charge is -2.10. The van der Waals surface area contributed by atoms with Crippen molar-refractivity contribution in [1.29, 1.82) is 0 Å². The van der Waals surface area contributed by atoms with E-state index in [1.54, 1.807) is 7.05 Å². The summed E-state index contributed by atoms with van der Waals surface area (Å²) >= 11 is 6.09. The summed E-state index contributed by atoms with van der Waals surface area (Å²) in [6.07, 6.45) is 2.68. The normalized spacial score (nSPS) is 14.4. The van der Waals surface area contributed by atoms with Gasteiger partial charge in [0, 0.05) is 31.5 Å². The number of anilines is 1. The summed E-state index contributed by atoms with van der Waals surface area (Å²) in [6.45, 7) is 2.42. The number of halogens is 1. The van der Waals surface area contributed by atoms with Gasteiger partial charge < -0.3 is 10.6 Å². The molecule has 0 saturated heterocycles. The molecule has 1 aromatic heterocycles. The van der Waals surface area contributed by atoms with Crippen LogP contribution in [-0.2, 0) is 4.79 Å². The van der Waals surface area contributed by atoms with E-state index in [2.05, 4.69) is 20.6 Å². The molecule has 0 atom stereocenters. The summed E-state index contributed by atoms with van der Waals surface area (Å²) in [6, 6.07) is 0. The number of carbonyl (C=O) groups excluding carboxylic acids is 1. The number of hydrogen-bond acceptors (Lipinski definition) is 4. The molecule has 1 saturated carbocycles. The Balaban J connectivity index is 2.04. The number of carbonyl (C=O) groups is 1. The van der Waals surface area contributed by atoms with Crippen molar-refractivity contribution in [3.63, 3.8) is 0 Å². The second-order valence-corrected chi connectivity index (χ2v) is 4.83. The minimum atomic E-state index is 0.00252. The Morgan fingerprint density at radius 3 is 2.78 bits per heavy atom. The number of rotatable bonds is 5. The number of amides is 1. The maximum atomic E-state index is 11.1. The molecule has 98 valence electrons. The summed E-state index contributed by atoms with van der Waals surface area (Å²) in [5.74, 6) is 2.01. The molecule has 0 aromatic carbocycles. The minimum absolute atomic E-state index is 0.00252. The number of nitrogens with zero attached hydrogens (tertiary/aromatic N) is 2. The molecule has 2 rings (SSSR count). The van der Waals surface area contributed by atoms with Crippen LogP contribution in [0.2, 0.25) is 5.15 Å². The highest BCUT2D eigenvalue weighted by Gasteiger charge is 2.27. The first-order valence-corrected chi connectivity index (χ1v) is 6.48. The Morgan fingerprint density at radius 1 is 1.44 bits per heavy atom.